The fraction of sp³-hybridized carbons (Fsp3) is 0.419. The minimum atomic E-state index is -2.17. The van der Waals surface area contributed by atoms with E-state index in [2.05, 4.69) is 93.6 Å². The Morgan fingerprint density at radius 2 is 1.09 bits per heavy atom. The first-order chi connectivity index (χ1) is 16.0. The topological polar surface area (TPSA) is 12.4 Å². The van der Waals surface area contributed by atoms with Gasteiger partial charge in [-0.3, -0.25) is 4.74 Å². The van der Waals surface area contributed by atoms with Crippen LogP contribution in [0.3, 0.4) is 0 Å². The molecule has 0 spiro atoms. The van der Waals surface area contributed by atoms with Crippen LogP contribution in [0.25, 0.3) is 0 Å². The van der Waals surface area contributed by atoms with Gasteiger partial charge in [-0.1, -0.05) is 78.4 Å². The summed E-state index contributed by atoms with van der Waals surface area (Å²) in [5.41, 5.74) is 4.31. The minimum Gasteiger partial charge on any atom is -0.283 e. The molecule has 4 aliphatic rings. The van der Waals surface area contributed by atoms with Crippen molar-refractivity contribution >= 4 is 23.0 Å². The Morgan fingerprint density at radius 3 is 1.52 bits per heavy atom. The zero-order valence-electron chi connectivity index (χ0n) is 20.3. The molecule has 0 atom stereocenters. The predicted molar refractivity (Wildman–Crippen MR) is 143 cm³/mol. The molecular weight excluding hydrogens is 417 g/mol. The largest absolute Gasteiger partial charge is 0.283 e. The summed E-state index contributed by atoms with van der Waals surface area (Å²) in [6, 6.07) is 27.4. The highest BCUT2D eigenvalue weighted by atomic mass is 31.2. The molecule has 0 radical (unpaired) electrons. The van der Waals surface area contributed by atoms with Gasteiger partial charge in [0.05, 0.1) is 12.6 Å². The molecule has 4 saturated carbocycles. The summed E-state index contributed by atoms with van der Waals surface area (Å²) in [7, 11) is -2.17. The SMILES string of the molecule is Cc1cc(C)c(P(=NC23CC4CC(CC(C4)C2)C3)(c2ccccc2)c2ccccc2)c(C)c1. The molecule has 0 saturated heterocycles. The summed E-state index contributed by atoms with van der Waals surface area (Å²) >= 11 is 0. The van der Waals surface area contributed by atoms with Gasteiger partial charge in [0.15, 0.2) is 0 Å². The van der Waals surface area contributed by atoms with Crippen LogP contribution in [0.2, 0.25) is 0 Å². The number of aryl methyl sites for hydroxylation is 3. The Bertz CT molecular complexity index is 1120. The first kappa shape index (κ1) is 21.4. The molecule has 33 heavy (non-hydrogen) atoms. The van der Waals surface area contributed by atoms with Crippen LogP contribution in [-0.2, 0) is 0 Å². The normalized spacial score (nSPS) is 28.2. The Hall–Kier alpha value is -2.11. The quantitative estimate of drug-likeness (QED) is 0.375. The highest BCUT2D eigenvalue weighted by Crippen LogP contribution is 2.61. The van der Waals surface area contributed by atoms with Gasteiger partial charge in [0.1, 0.15) is 0 Å². The van der Waals surface area contributed by atoms with Gasteiger partial charge in [-0.25, -0.2) is 0 Å². The molecule has 7 rings (SSSR count). The van der Waals surface area contributed by atoms with Crippen molar-refractivity contribution in [2.24, 2.45) is 22.5 Å². The Labute approximate surface area is 199 Å². The summed E-state index contributed by atoms with van der Waals surface area (Å²) in [6.07, 6.45) is 8.30. The van der Waals surface area contributed by atoms with E-state index in [1.807, 2.05) is 0 Å². The van der Waals surface area contributed by atoms with E-state index in [1.165, 1.54) is 71.1 Å². The van der Waals surface area contributed by atoms with Crippen LogP contribution in [-0.4, -0.2) is 5.54 Å². The van der Waals surface area contributed by atoms with Crippen molar-refractivity contribution in [3.05, 3.63) is 89.5 Å². The standard InChI is InChI=1S/C31H36NP/c1-22-14-23(2)30(24(3)15-22)33(28-10-6-4-7-11-28,29-12-8-5-9-13-29)32-31-19-25-16-26(20-31)18-27(17-25)21-31/h4-15,25-27H,16-21H2,1-3H3. The summed E-state index contributed by atoms with van der Waals surface area (Å²) in [4.78, 5) is 0. The number of benzene rings is 3. The molecule has 4 bridgehead atoms. The Balaban J connectivity index is 1.72. The van der Waals surface area contributed by atoms with Crippen LogP contribution >= 0.6 is 7.05 Å². The smallest absolute Gasteiger partial charge is 0.0612 e. The van der Waals surface area contributed by atoms with Gasteiger partial charge >= 0.3 is 0 Å². The van der Waals surface area contributed by atoms with Gasteiger partial charge in [0, 0.05) is 15.9 Å². The van der Waals surface area contributed by atoms with Crippen molar-refractivity contribution in [3.63, 3.8) is 0 Å². The molecule has 3 aromatic carbocycles. The van der Waals surface area contributed by atoms with Crippen molar-refractivity contribution < 1.29 is 0 Å². The lowest BCUT2D eigenvalue weighted by molar-refractivity contribution is 0.00259. The van der Waals surface area contributed by atoms with E-state index in [1.54, 1.807) is 0 Å². The first-order valence-corrected chi connectivity index (χ1v) is 14.5. The maximum atomic E-state index is 6.27. The summed E-state index contributed by atoms with van der Waals surface area (Å²) < 4.78 is 6.27. The molecule has 1 nitrogen and oxygen atoms in total. The molecule has 0 heterocycles. The van der Waals surface area contributed by atoms with E-state index in [0.29, 0.717) is 0 Å². The van der Waals surface area contributed by atoms with Crippen LogP contribution < -0.4 is 15.9 Å². The number of rotatable bonds is 4. The first-order valence-electron chi connectivity index (χ1n) is 12.8. The van der Waals surface area contributed by atoms with Gasteiger partial charge in [-0.05, 0) is 88.2 Å². The molecular formula is C31H36NP. The van der Waals surface area contributed by atoms with Gasteiger partial charge in [-0.2, -0.15) is 0 Å². The Morgan fingerprint density at radius 1 is 0.667 bits per heavy atom. The molecule has 3 aromatic rings. The highest BCUT2D eigenvalue weighted by Gasteiger charge is 2.52. The molecule has 4 aliphatic carbocycles. The summed E-state index contributed by atoms with van der Waals surface area (Å²) in [6.45, 7) is 6.88. The van der Waals surface area contributed by atoms with Crippen LogP contribution in [0.5, 0.6) is 0 Å². The third-order valence-corrected chi connectivity index (χ3v) is 12.8. The summed E-state index contributed by atoms with van der Waals surface area (Å²) in [5.74, 6) is 2.69. The van der Waals surface area contributed by atoms with Gasteiger partial charge < -0.3 is 0 Å². The predicted octanol–water partition coefficient (Wildman–Crippen LogP) is 7.06. The van der Waals surface area contributed by atoms with E-state index in [4.69, 9.17) is 4.74 Å². The van der Waals surface area contributed by atoms with Crippen molar-refractivity contribution in [1.29, 1.82) is 0 Å². The molecule has 0 aliphatic heterocycles. The van der Waals surface area contributed by atoms with E-state index < -0.39 is 7.05 Å². The third-order valence-electron chi connectivity index (χ3n) is 8.59. The van der Waals surface area contributed by atoms with Crippen LogP contribution in [0.15, 0.2) is 77.5 Å². The second-order valence-corrected chi connectivity index (χ2v) is 14.2. The van der Waals surface area contributed by atoms with Crippen molar-refractivity contribution in [3.8, 4) is 0 Å². The monoisotopic (exact) mass is 453 g/mol. The van der Waals surface area contributed by atoms with Crippen molar-refractivity contribution in [1.82, 2.24) is 0 Å². The van der Waals surface area contributed by atoms with Gasteiger partial charge in [0.25, 0.3) is 0 Å². The molecule has 4 fully saturated rings. The van der Waals surface area contributed by atoms with E-state index in [-0.39, 0.29) is 5.54 Å². The molecule has 2 heteroatoms. The number of hydrogen-bond donors (Lipinski definition) is 0. The van der Waals surface area contributed by atoms with Crippen LogP contribution in [0, 0.1) is 38.5 Å². The highest BCUT2D eigenvalue weighted by molar-refractivity contribution is 7.87. The maximum Gasteiger partial charge on any atom is 0.0612 e. The lowest BCUT2D eigenvalue weighted by Crippen LogP contribution is -2.50. The van der Waals surface area contributed by atoms with Gasteiger partial charge in [-0.15, -0.1) is 0 Å². The van der Waals surface area contributed by atoms with Crippen molar-refractivity contribution in [2.45, 2.75) is 64.8 Å². The molecule has 170 valence electrons. The number of hydrogen-bond acceptors (Lipinski definition) is 1. The molecule has 0 aromatic heterocycles. The van der Waals surface area contributed by atoms with E-state index >= 15 is 0 Å². The lowest BCUT2D eigenvalue weighted by Gasteiger charge is -2.56. The van der Waals surface area contributed by atoms with Crippen LogP contribution in [0.4, 0.5) is 0 Å². The average molecular weight is 454 g/mol. The summed E-state index contributed by atoms with van der Waals surface area (Å²) in [5, 5.41) is 4.34. The van der Waals surface area contributed by atoms with E-state index in [9.17, 15) is 0 Å². The number of nitrogens with zero attached hydrogens (tertiary/aromatic N) is 1. The zero-order valence-corrected chi connectivity index (χ0v) is 21.2. The second kappa shape index (κ2) is 7.99. The maximum absolute atomic E-state index is 6.27. The lowest BCUT2D eigenvalue weighted by atomic mass is 9.53. The molecule has 0 unspecified atom stereocenters. The second-order valence-electron chi connectivity index (χ2n) is 11.3. The Kier molecular flexibility index (Phi) is 5.19. The molecule has 0 amide bonds. The van der Waals surface area contributed by atoms with Crippen LogP contribution in [0.1, 0.15) is 55.2 Å². The fourth-order valence-electron chi connectivity index (χ4n) is 8.05. The fourth-order valence-corrected chi connectivity index (χ4v) is 12.4. The van der Waals surface area contributed by atoms with Gasteiger partial charge in [0.2, 0.25) is 0 Å². The molecule has 0 N–H and O–H groups in total. The minimum absolute atomic E-state index is 0.151. The third kappa shape index (κ3) is 3.55. The zero-order chi connectivity index (χ0) is 22.6. The van der Waals surface area contributed by atoms with E-state index in [0.717, 1.165) is 17.8 Å². The van der Waals surface area contributed by atoms with Crippen molar-refractivity contribution in [2.75, 3.05) is 0 Å². The average Bonchev–Trinajstić information content (AvgIpc) is 2.78.